The monoisotopic (exact) mass is 316 g/mol. The molecule has 0 spiro atoms. The molecule has 1 aliphatic rings. The van der Waals surface area contributed by atoms with Crippen LogP contribution in [0.25, 0.3) is 0 Å². The van der Waals surface area contributed by atoms with Crippen molar-refractivity contribution in [2.24, 2.45) is 5.73 Å². The highest BCUT2D eigenvalue weighted by Crippen LogP contribution is 2.33. The van der Waals surface area contributed by atoms with Gasteiger partial charge >= 0.3 is 0 Å². The number of rotatable bonds is 5. The zero-order valence-corrected chi connectivity index (χ0v) is 12.7. The summed E-state index contributed by atoms with van der Waals surface area (Å²) in [5.41, 5.74) is 7.15. The van der Waals surface area contributed by atoms with E-state index in [0.29, 0.717) is 23.6 Å². The maximum Gasteiger partial charge on any atom is 0.239 e. The number of halogens is 1. The van der Waals surface area contributed by atoms with E-state index in [1.165, 1.54) is 12.1 Å². The molecule has 0 aliphatic carbocycles. The SMILES string of the molecule is CN(Cc1ccc2c(c1)OCO2)C(C(N)=O)c1ccc(F)cc1. The first-order valence-electron chi connectivity index (χ1n) is 7.18. The Hall–Kier alpha value is -2.60. The van der Waals surface area contributed by atoms with Gasteiger partial charge in [0.05, 0.1) is 0 Å². The van der Waals surface area contributed by atoms with E-state index in [1.54, 1.807) is 19.2 Å². The maximum absolute atomic E-state index is 13.1. The fourth-order valence-electron chi connectivity index (χ4n) is 2.70. The number of hydrogen-bond donors (Lipinski definition) is 1. The maximum atomic E-state index is 13.1. The molecule has 2 aromatic carbocycles. The summed E-state index contributed by atoms with van der Waals surface area (Å²) in [6, 6.07) is 10.8. The first-order chi connectivity index (χ1) is 11.0. The summed E-state index contributed by atoms with van der Waals surface area (Å²) in [5.74, 6) is 0.560. The first kappa shape index (κ1) is 15.3. The van der Waals surface area contributed by atoms with Gasteiger partial charge in [0.15, 0.2) is 11.5 Å². The molecule has 1 heterocycles. The predicted molar refractivity (Wildman–Crippen MR) is 82.4 cm³/mol. The van der Waals surface area contributed by atoms with Crippen LogP contribution in [0, 0.1) is 5.82 Å². The molecule has 5 nitrogen and oxygen atoms in total. The molecular weight excluding hydrogens is 299 g/mol. The molecular formula is C17H17FN2O3. The number of fused-ring (bicyclic) bond motifs is 1. The lowest BCUT2D eigenvalue weighted by atomic mass is 10.0. The molecule has 3 rings (SSSR count). The lowest BCUT2D eigenvalue weighted by Crippen LogP contribution is -2.35. The summed E-state index contributed by atoms with van der Waals surface area (Å²) >= 11 is 0. The number of ether oxygens (including phenoxy) is 2. The van der Waals surface area contributed by atoms with Crippen LogP contribution >= 0.6 is 0 Å². The number of likely N-dealkylation sites (N-methyl/N-ethyl adjacent to an activating group) is 1. The Morgan fingerprint density at radius 1 is 1.22 bits per heavy atom. The highest BCUT2D eigenvalue weighted by molar-refractivity contribution is 5.81. The number of nitrogens with two attached hydrogens (primary N) is 1. The van der Waals surface area contributed by atoms with Gasteiger partial charge in [-0.05, 0) is 42.4 Å². The Kier molecular flexibility index (Phi) is 4.16. The van der Waals surface area contributed by atoms with Crippen LogP contribution in [0.3, 0.4) is 0 Å². The minimum atomic E-state index is -0.638. The first-order valence-corrected chi connectivity index (χ1v) is 7.18. The van der Waals surface area contributed by atoms with Crippen molar-refractivity contribution in [3.63, 3.8) is 0 Å². The third kappa shape index (κ3) is 3.27. The summed E-state index contributed by atoms with van der Waals surface area (Å²) in [6.07, 6.45) is 0. The average Bonchev–Trinajstić information content (AvgIpc) is 2.96. The minimum absolute atomic E-state index is 0.216. The molecule has 1 unspecified atom stereocenters. The van der Waals surface area contributed by atoms with Gasteiger partial charge in [0.2, 0.25) is 12.7 Å². The lowest BCUT2D eigenvalue weighted by molar-refractivity contribution is -0.123. The molecule has 0 aromatic heterocycles. The van der Waals surface area contributed by atoms with Gasteiger partial charge in [-0.25, -0.2) is 4.39 Å². The molecule has 2 N–H and O–H groups in total. The van der Waals surface area contributed by atoms with Crippen molar-refractivity contribution in [2.45, 2.75) is 12.6 Å². The van der Waals surface area contributed by atoms with Crippen molar-refractivity contribution in [3.8, 4) is 11.5 Å². The quantitative estimate of drug-likeness (QED) is 0.918. The molecule has 0 bridgehead atoms. The highest BCUT2D eigenvalue weighted by atomic mass is 19.1. The van der Waals surface area contributed by atoms with Crippen molar-refractivity contribution < 1.29 is 18.7 Å². The van der Waals surface area contributed by atoms with E-state index in [1.807, 2.05) is 23.1 Å². The van der Waals surface area contributed by atoms with Gasteiger partial charge in [-0.3, -0.25) is 9.69 Å². The van der Waals surface area contributed by atoms with E-state index in [0.717, 1.165) is 5.56 Å². The molecule has 0 radical (unpaired) electrons. The number of carbonyl (C=O) groups excluding carboxylic acids is 1. The lowest BCUT2D eigenvalue weighted by Gasteiger charge is -2.26. The molecule has 120 valence electrons. The zero-order chi connectivity index (χ0) is 16.4. The Morgan fingerprint density at radius 2 is 1.91 bits per heavy atom. The number of amides is 1. The fourth-order valence-corrected chi connectivity index (χ4v) is 2.70. The molecule has 6 heteroatoms. The Bertz CT molecular complexity index is 718. The predicted octanol–water partition coefficient (Wildman–Crippen LogP) is 2.21. The number of hydrogen-bond acceptors (Lipinski definition) is 4. The van der Waals surface area contributed by atoms with Crippen LogP contribution in [0.4, 0.5) is 4.39 Å². The summed E-state index contributed by atoms with van der Waals surface area (Å²) in [4.78, 5) is 13.7. The van der Waals surface area contributed by atoms with Crippen molar-refractivity contribution in [1.29, 1.82) is 0 Å². The zero-order valence-electron chi connectivity index (χ0n) is 12.7. The standard InChI is InChI=1S/C17H17FN2O3/c1-20(9-11-2-7-14-15(8-11)23-10-22-14)16(17(19)21)12-3-5-13(18)6-4-12/h2-8,16H,9-10H2,1H3,(H2,19,21). The molecule has 1 amide bonds. The number of carbonyl (C=O) groups is 1. The Balaban J connectivity index is 1.80. The molecule has 0 fully saturated rings. The fraction of sp³-hybridized carbons (Fsp3) is 0.235. The molecule has 1 aliphatic heterocycles. The largest absolute Gasteiger partial charge is 0.454 e. The number of primary amides is 1. The summed E-state index contributed by atoms with van der Waals surface area (Å²) in [6.45, 7) is 0.704. The van der Waals surface area contributed by atoms with Gasteiger partial charge in [0, 0.05) is 6.54 Å². The van der Waals surface area contributed by atoms with Crippen molar-refractivity contribution in [3.05, 3.63) is 59.4 Å². The van der Waals surface area contributed by atoms with E-state index >= 15 is 0 Å². The van der Waals surface area contributed by atoms with Gasteiger partial charge in [-0.1, -0.05) is 18.2 Å². The second-order valence-corrected chi connectivity index (χ2v) is 5.46. The van der Waals surface area contributed by atoms with E-state index in [2.05, 4.69) is 0 Å². The third-order valence-corrected chi connectivity index (χ3v) is 3.76. The van der Waals surface area contributed by atoms with Gasteiger partial charge in [0.25, 0.3) is 0 Å². The van der Waals surface area contributed by atoms with Crippen molar-refractivity contribution in [2.75, 3.05) is 13.8 Å². The average molecular weight is 316 g/mol. The van der Waals surface area contributed by atoms with E-state index in [-0.39, 0.29) is 12.6 Å². The van der Waals surface area contributed by atoms with Crippen LogP contribution in [-0.2, 0) is 11.3 Å². The molecule has 23 heavy (non-hydrogen) atoms. The minimum Gasteiger partial charge on any atom is -0.454 e. The van der Waals surface area contributed by atoms with Gasteiger partial charge in [0.1, 0.15) is 11.9 Å². The Morgan fingerprint density at radius 3 is 2.61 bits per heavy atom. The third-order valence-electron chi connectivity index (χ3n) is 3.76. The smallest absolute Gasteiger partial charge is 0.239 e. The molecule has 1 atom stereocenters. The number of benzene rings is 2. The van der Waals surface area contributed by atoms with Gasteiger partial charge in [-0.2, -0.15) is 0 Å². The molecule has 0 saturated heterocycles. The van der Waals surface area contributed by atoms with Gasteiger partial charge < -0.3 is 15.2 Å². The van der Waals surface area contributed by atoms with E-state index < -0.39 is 11.9 Å². The number of nitrogens with zero attached hydrogens (tertiary/aromatic N) is 1. The van der Waals surface area contributed by atoms with Crippen molar-refractivity contribution in [1.82, 2.24) is 4.90 Å². The van der Waals surface area contributed by atoms with Gasteiger partial charge in [-0.15, -0.1) is 0 Å². The second kappa shape index (κ2) is 6.26. The van der Waals surface area contributed by atoms with Crippen LogP contribution in [0.5, 0.6) is 11.5 Å². The molecule has 0 saturated carbocycles. The summed E-state index contributed by atoms with van der Waals surface area (Å²) in [5, 5.41) is 0. The summed E-state index contributed by atoms with van der Waals surface area (Å²) in [7, 11) is 1.80. The van der Waals surface area contributed by atoms with E-state index in [9.17, 15) is 9.18 Å². The van der Waals surface area contributed by atoms with Crippen LogP contribution in [0.1, 0.15) is 17.2 Å². The topological polar surface area (TPSA) is 64.8 Å². The van der Waals surface area contributed by atoms with Crippen LogP contribution in [-0.4, -0.2) is 24.6 Å². The Labute approximate surface area is 133 Å². The van der Waals surface area contributed by atoms with Crippen molar-refractivity contribution >= 4 is 5.91 Å². The van der Waals surface area contributed by atoms with E-state index in [4.69, 9.17) is 15.2 Å². The van der Waals surface area contributed by atoms with Crippen LogP contribution in [0.2, 0.25) is 0 Å². The normalized spacial score (nSPS) is 14.0. The molecule has 2 aromatic rings. The van der Waals surface area contributed by atoms with Crippen LogP contribution < -0.4 is 15.2 Å². The summed E-state index contributed by atoms with van der Waals surface area (Å²) < 4.78 is 23.7. The second-order valence-electron chi connectivity index (χ2n) is 5.46. The van der Waals surface area contributed by atoms with Crippen LogP contribution in [0.15, 0.2) is 42.5 Å². The highest BCUT2D eigenvalue weighted by Gasteiger charge is 2.23.